The third-order valence-electron chi connectivity index (χ3n) is 2.55. The maximum atomic E-state index is 11.4. The summed E-state index contributed by atoms with van der Waals surface area (Å²) in [5, 5.41) is 0. The van der Waals surface area contributed by atoms with E-state index in [1.54, 1.807) is 25.3 Å². The Morgan fingerprint density at radius 3 is 2.65 bits per heavy atom. The van der Waals surface area contributed by atoms with E-state index in [9.17, 15) is 4.79 Å². The number of nitrogens with zero attached hydrogens (tertiary/aromatic N) is 3. The fraction of sp³-hybridized carbons (Fsp3) is 0.250. The summed E-state index contributed by atoms with van der Waals surface area (Å²) in [6, 6.07) is 3.48. The summed E-state index contributed by atoms with van der Waals surface area (Å²) in [4.78, 5) is 19.9. The normalized spacial score (nSPS) is 10.3. The molecule has 0 aliphatic heterocycles. The first-order chi connectivity index (χ1) is 8.13. The number of pyridine rings is 1. The van der Waals surface area contributed by atoms with Gasteiger partial charge in [0.05, 0.1) is 18.4 Å². The lowest BCUT2D eigenvalue weighted by molar-refractivity contribution is 0.0599. The molecule has 0 bridgehead atoms. The third-order valence-corrected chi connectivity index (χ3v) is 2.55. The highest BCUT2D eigenvalue weighted by molar-refractivity contribution is 5.90. The molecular weight excluding hydrogens is 218 g/mol. The van der Waals surface area contributed by atoms with Gasteiger partial charge in [0.1, 0.15) is 11.6 Å². The highest BCUT2D eigenvalue weighted by Gasteiger charge is 2.11. The van der Waals surface area contributed by atoms with Crippen LogP contribution in [0.5, 0.6) is 0 Å². The first-order valence-corrected chi connectivity index (χ1v) is 5.19. The molecular formula is C12H13N3O2. The Kier molecular flexibility index (Phi) is 2.91. The molecule has 0 amide bonds. The van der Waals surface area contributed by atoms with Gasteiger partial charge in [-0.25, -0.2) is 14.8 Å². The molecule has 0 aliphatic carbocycles. The lowest BCUT2D eigenvalue weighted by atomic mass is 10.2. The minimum Gasteiger partial charge on any atom is -0.465 e. The summed E-state index contributed by atoms with van der Waals surface area (Å²) in [5.74, 6) is 1.22. The number of aromatic nitrogens is 3. The molecule has 5 heteroatoms. The second-order valence-electron chi connectivity index (χ2n) is 3.64. The summed E-state index contributed by atoms with van der Waals surface area (Å²) in [7, 11) is 1.36. The van der Waals surface area contributed by atoms with Crippen molar-refractivity contribution in [2.75, 3.05) is 7.11 Å². The van der Waals surface area contributed by atoms with Crippen molar-refractivity contribution in [2.24, 2.45) is 0 Å². The number of esters is 1. The molecule has 2 aromatic rings. The van der Waals surface area contributed by atoms with Crippen molar-refractivity contribution in [3.63, 3.8) is 0 Å². The zero-order valence-corrected chi connectivity index (χ0v) is 9.97. The number of carbonyl (C=O) groups excluding carboxylic acids is 1. The average Bonchev–Trinajstić information content (AvgIpc) is 2.74. The monoisotopic (exact) mass is 231 g/mol. The molecule has 0 aliphatic rings. The lowest BCUT2D eigenvalue weighted by Crippen LogP contribution is -2.08. The second-order valence-corrected chi connectivity index (χ2v) is 3.64. The molecule has 0 saturated heterocycles. The fourth-order valence-corrected chi connectivity index (χ4v) is 1.63. The Labute approximate surface area is 99.1 Å². The zero-order valence-electron chi connectivity index (χ0n) is 9.97. The molecule has 0 unspecified atom stereocenters. The average molecular weight is 231 g/mol. The maximum Gasteiger partial charge on any atom is 0.339 e. The van der Waals surface area contributed by atoms with Crippen molar-refractivity contribution < 1.29 is 9.53 Å². The Balaban J connectivity index is 2.44. The molecule has 0 N–H and O–H groups in total. The Morgan fingerprint density at radius 2 is 2.12 bits per heavy atom. The van der Waals surface area contributed by atoms with Crippen LogP contribution in [-0.4, -0.2) is 27.6 Å². The van der Waals surface area contributed by atoms with Crippen LogP contribution in [0.1, 0.15) is 21.9 Å². The number of imidazole rings is 1. The molecule has 0 saturated carbocycles. The Morgan fingerprint density at radius 1 is 1.35 bits per heavy atom. The van der Waals surface area contributed by atoms with Crippen LogP contribution in [0, 0.1) is 13.8 Å². The maximum absolute atomic E-state index is 11.4. The van der Waals surface area contributed by atoms with Gasteiger partial charge in [-0.05, 0) is 26.0 Å². The third kappa shape index (κ3) is 2.04. The molecule has 0 radical (unpaired) electrons. The number of aryl methyl sites for hydroxylation is 2. The molecule has 17 heavy (non-hydrogen) atoms. The Bertz CT molecular complexity index is 561. The standard InChI is InChI=1S/C12H13N3O2/c1-8-10(12(16)17-3)4-5-11(14-8)15-7-6-13-9(15)2/h4-7H,1-3H3. The van der Waals surface area contributed by atoms with Crippen LogP contribution < -0.4 is 0 Å². The van der Waals surface area contributed by atoms with Gasteiger partial charge in [0.25, 0.3) is 0 Å². The zero-order chi connectivity index (χ0) is 12.4. The predicted octanol–water partition coefficient (Wildman–Crippen LogP) is 1.67. The van der Waals surface area contributed by atoms with Crippen LogP contribution in [0.4, 0.5) is 0 Å². The molecule has 0 atom stereocenters. The van der Waals surface area contributed by atoms with E-state index in [1.165, 1.54) is 7.11 Å². The van der Waals surface area contributed by atoms with Crippen LogP contribution in [0.25, 0.3) is 5.82 Å². The van der Waals surface area contributed by atoms with E-state index in [0.29, 0.717) is 11.3 Å². The first-order valence-electron chi connectivity index (χ1n) is 5.19. The van der Waals surface area contributed by atoms with E-state index in [0.717, 1.165) is 11.6 Å². The van der Waals surface area contributed by atoms with Gasteiger partial charge < -0.3 is 4.74 Å². The minimum absolute atomic E-state index is 0.371. The highest BCUT2D eigenvalue weighted by Crippen LogP contribution is 2.12. The number of carbonyl (C=O) groups is 1. The van der Waals surface area contributed by atoms with Crippen LogP contribution in [0.3, 0.4) is 0 Å². The number of hydrogen-bond donors (Lipinski definition) is 0. The summed E-state index contributed by atoms with van der Waals surface area (Å²) >= 11 is 0. The lowest BCUT2D eigenvalue weighted by Gasteiger charge is -2.07. The fourth-order valence-electron chi connectivity index (χ4n) is 1.63. The van der Waals surface area contributed by atoms with Gasteiger partial charge in [-0.1, -0.05) is 0 Å². The quantitative estimate of drug-likeness (QED) is 0.738. The van der Waals surface area contributed by atoms with Crippen molar-refractivity contribution in [1.29, 1.82) is 0 Å². The molecule has 2 aromatic heterocycles. The van der Waals surface area contributed by atoms with Crippen LogP contribution in [-0.2, 0) is 4.74 Å². The molecule has 2 rings (SSSR count). The van der Waals surface area contributed by atoms with Gasteiger partial charge in [-0.2, -0.15) is 0 Å². The number of ether oxygens (including phenoxy) is 1. The molecule has 2 heterocycles. The van der Waals surface area contributed by atoms with Gasteiger partial charge in [-0.15, -0.1) is 0 Å². The van der Waals surface area contributed by atoms with Crippen LogP contribution in [0.15, 0.2) is 24.5 Å². The van der Waals surface area contributed by atoms with Gasteiger partial charge >= 0.3 is 5.97 Å². The molecule has 0 fully saturated rings. The first kappa shape index (κ1) is 11.3. The highest BCUT2D eigenvalue weighted by atomic mass is 16.5. The minimum atomic E-state index is -0.371. The van der Waals surface area contributed by atoms with Crippen molar-refractivity contribution in [3.8, 4) is 5.82 Å². The predicted molar refractivity (Wildman–Crippen MR) is 62.2 cm³/mol. The summed E-state index contributed by atoms with van der Waals surface area (Å²) in [5.41, 5.74) is 1.12. The van der Waals surface area contributed by atoms with E-state index in [1.807, 2.05) is 17.7 Å². The van der Waals surface area contributed by atoms with Gasteiger partial charge in [0, 0.05) is 12.4 Å². The largest absolute Gasteiger partial charge is 0.465 e. The smallest absolute Gasteiger partial charge is 0.339 e. The number of hydrogen-bond acceptors (Lipinski definition) is 4. The molecule has 0 aromatic carbocycles. The van der Waals surface area contributed by atoms with Crippen molar-refractivity contribution in [1.82, 2.24) is 14.5 Å². The topological polar surface area (TPSA) is 57.0 Å². The summed E-state index contributed by atoms with van der Waals surface area (Å²) in [6.45, 7) is 3.67. The second kappa shape index (κ2) is 4.37. The van der Waals surface area contributed by atoms with Crippen LogP contribution >= 0.6 is 0 Å². The van der Waals surface area contributed by atoms with Crippen LogP contribution in [0.2, 0.25) is 0 Å². The number of rotatable bonds is 2. The molecule has 0 spiro atoms. The van der Waals surface area contributed by atoms with Gasteiger partial charge in [-0.3, -0.25) is 4.57 Å². The molecule has 88 valence electrons. The van der Waals surface area contributed by atoms with E-state index in [4.69, 9.17) is 0 Å². The van der Waals surface area contributed by atoms with E-state index < -0.39 is 0 Å². The van der Waals surface area contributed by atoms with Gasteiger partial charge in [0.15, 0.2) is 0 Å². The Hall–Kier alpha value is -2.17. The SMILES string of the molecule is COC(=O)c1ccc(-n2ccnc2C)nc1C. The van der Waals surface area contributed by atoms with Crippen molar-refractivity contribution in [3.05, 3.63) is 41.6 Å². The molecule has 5 nitrogen and oxygen atoms in total. The summed E-state index contributed by atoms with van der Waals surface area (Å²) in [6.07, 6.45) is 3.54. The van der Waals surface area contributed by atoms with Gasteiger partial charge in [0.2, 0.25) is 0 Å². The summed E-state index contributed by atoms with van der Waals surface area (Å²) < 4.78 is 6.53. The van der Waals surface area contributed by atoms with E-state index in [2.05, 4.69) is 14.7 Å². The van der Waals surface area contributed by atoms with Crippen molar-refractivity contribution in [2.45, 2.75) is 13.8 Å². The van der Waals surface area contributed by atoms with E-state index in [-0.39, 0.29) is 5.97 Å². The number of methoxy groups -OCH3 is 1. The van der Waals surface area contributed by atoms with E-state index >= 15 is 0 Å². The van der Waals surface area contributed by atoms with Crippen molar-refractivity contribution >= 4 is 5.97 Å².